The number of carbonyl (C=O) groups is 1. The number of thiazole rings is 1. The predicted octanol–water partition coefficient (Wildman–Crippen LogP) is 3.96. The number of aryl methyl sites for hydroxylation is 1. The van der Waals surface area contributed by atoms with Crippen molar-refractivity contribution in [1.82, 2.24) is 4.57 Å². The molecule has 0 amide bonds. The van der Waals surface area contributed by atoms with Crippen molar-refractivity contribution in [3.05, 3.63) is 90.1 Å². The molecule has 1 aromatic heterocycles. The first-order valence-electron chi connectivity index (χ1n) is 12.5. The van der Waals surface area contributed by atoms with Crippen LogP contribution in [0.5, 0.6) is 5.75 Å². The lowest BCUT2D eigenvalue weighted by Crippen LogP contribution is -2.39. The number of methoxy groups -OCH3 is 1. The molecule has 3 aromatic rings. The Kier molecular flexibility index (Phi) is 7.97. The monoisotopic (exact) mass is 519 g/mol. The summed E-state index contributed by atoms with van der Waals surface area (Å²) in [7, 11) is 1.63. The van der Waals surface area contributed by atoms with Gasteiger partial charge in [-0.1, -0.05) is 41.2 Å². The van der Waals surface area contributed by atoms with Gasteiger partial charge in [0.15, 0.2) is 4.80 Å². The van der Waals surface area contributed by atoms with Crippen molar-refractivity contribution in [2.75, 3.05) is 31.7 Å². The molecular formula is C29H33N3O4S. The number of hydrogen-bond acceptors (Lipinski definition) is 7. The predicted molar refractivity (Wildman–Crippen MR) is 148 cm³/mol. The van der Waals surface area contributed by atoms with Crippen LogP contribution in [-0.2, 0) is 9.53 Å². The fourth-order valence-electron chi connectivity index (χ4n) is 4.60. The molecule has 1 aliphatic rings. The van der Waals surface area contributed by atoms with Gasteiger partial charge in [0.25, 0.3) is 5.56 Å². The van der Waals surface area contributed by atoms with E-state index in [1.54, 1.807) is 25.5 Å². The van der Waals surface area contributed by atoms with Crippen LogP contribution in [0, 0.1) is 6.92 Å². The van der Waals surface area contributed by atoms with Crippen LogP contribution in [0.15, 0.2) is 63.5 Å². The summed E-state index contributed by atoms with van der Waals surface area (Å²) in [5.74, 6) is 0.228. The number of hydrogen-bond donors (Lipinski definition) is 0. The quantitative estimate of drug-likeness (QED) is 0.421. The molecule has 37 heavy (non-hydrogen) atoms. The van der Waals surface area contributed by atoms with Crippen LogP contribution in [0.1, 0.15) is 50.4 Å². The van der Waals surface area contributed by atoms with Crippen molar-refractivity contribution in [3.63, 3.8) is 0 Å². The molecule has 0 aliphatic carbocycles. The molecule has 0 saturated carbocycles. The molecule has 1 atom stereocenters. The van der Waals surface area contributed by atoms with Crippen LogP contribution in [0.4, 0.5) is 5.69 Å². The average molecular weight is 520 g/mol. The maximum atomic E-state index is 13.8. The van der Waals surface area contributed by atoms with E-state index >= 15 is 0 Å². The van der Waals surface area contributed by atoms with Gasteiger partial charge in [0.2, 0.25) is 0 Å². The topological polar surface area (TPSA) is 73.1 Å². The zero-order chi connectivity index (χ0) is 26.7. The number of esters is 1. The number of fused-ring (bicyclic) bond motifs is 1. The second kappa shape index (κ2) is 11.2. The highest BCUT2D eigenvalue weighted by Gasteiger charge is 2.33. The second-order valence-corrected chi connectivity index (χ2v) is 9.82. The Labute approximate surface area is 221 Å². The van der Waals surface area contributed by atoms with Crippen LogP contribution in [0.3, 0.4) is 0 Å². The third-order valence-corrected chi connectivity index (χ3v) is 7.53. The summed E-state index contributed by atoms with van der Waals surface area (Å²) in [6, 6.07) is 13.2. The standard InChI is InChI=1S/C29H33N3O4S/c1-7-31(8-2)22-15-14-21(23(17-22)35-6)16-24-27(33)32-26(20-12-10-18(4)11-13-20)25(28(34)36-9-3)19(5)30-29(32)37-24/h10-17,26H,7-9H2,1-6H3/b24-16-/t26-/m1/s1. The number of aromatic nitrogens is 1. The molecule has 1 aliphatic heterocycles. The van der Waals surface area contributed by atoms with E-state index < -0.39 is 12.0 Å². The highest BCUT2D eigenvalue weighted by atomic mass is 32.1. The van der Waals surface area contributed by atoms with E-state index in [1.165, 1.54) is 11.3 Å². The Bertz CT molecular complexity index is 1510. The van der Waals surface area contributed by atoms with E-state index in [0.29, 0.717) is 26.4 Å². The summed E-state index contributed by atoms with van der Waals surface area (Å²) < 4.78 is 13.2. The number of ether oxygens (including phenoxy) is 2. The lowest BCUT2D eigenvalue weighted by Gasteiger charge is -2.24. The Hall–Kier alpha value is -3.65. The van der Waals surface area contributed by atoms with Crippen molar-refractivity contribution in [3.8, 4) is 5.75 Å². The number of anilines is 1. The summed E-state index contributed by atoms with van der Waals surface area (Å²) in [6.45, 7) is 11.8. The van der Waals surface area contributed by atoms with Crippen LogP contribution in [0.25, 0.3) is 6.08 Å². The molecule has 0 N–H and O–H groups in total. The molecule has 7 nitrogen and oxygen atoms in total. The van der Waals surface area contributed by atoms with Crippen LogP contribution >= 0.6 is 11.3 Å². The third kappa shape index (κ3) is 5.11. The fourth-order valence-corrected chi connectivity index (χ4v) is 5.64. The Morgan fingerprint density at radius 3 is 2.43 bits per heavy atom. The van der Waals surface area contributed by atoms with Crippen molar-refractivity contribution < 1.29 is 14.3 Å². The van der Waals surface area contributed by atoms with E-state index in [9.17, 15) is 9.59 Å². The van der Waals surface area contributed by atoms with Gasteiger partial charge in [0.1, 0.15) is 5.75 Å². The van der Waals surface area contributed by atoms with Crippen molar-refractivity contribution >= 4 is 29.1 Å². The normalized spacial score (nSPS) is 15.3. The highest BCUT2D eigenvalue weighted by molar-refractivity contribution is 7.07. The zero-order valence-corrected chi connectivity index (χ0v) is 23.0. The van der Waals surface area contributed by atoms with Gasteiger partial charge in [-0.05, 0) is 58.4 Å². The SMILES string of the molecule is CCOC(=O)C1=C(C)N=c2s/c(=C\c3ccc(N(CC)CC)cc3OC)c(=O)n2[C@@H]1c1ccc(C)cc1. The first-order chi connectivity index (χ1) is 17.8. The van der Waals surface area contributed by atoms with Gasteiger partial charge in [-0.3, -0.25) is 9.36 Å². The molecule has 2 aromatic carbocycles. The van der Waals surface area contributed by atoms with Crippen molar-refractivity contribution in [2.24, 2.45) is 4.99 Å². The maximum Gasteiger partial charge on any atom is 0.338 e. The van der Waals surface area contributed by atoms with Gasteiger partial charge in [0, 0.05) is 30.4 Å². The number of allylic oxidation sites excluding steroid dienone is 1. The van der Waals surface area contributed by atoms with E-state index in [4.69, 9.17) is 9.47 Å². The molecular weight excluding hydrogens is 486 g/mol. The van der Waals surface area contributed by atoms with E-state index in [2.05, 4.69) is 23.7 Å². The lowest BCUT2D eigenvalue weighted by atomic mass is 9.95. The van der Waals surface area contributed by atoms with Crippen molar-refractivity contribution in [1.29, 1.82) is 0 Å². The molecule has 0 spiro atoms. The van der Waals surface area contributed by atoms with Gasteiger partial charge < -0.3 is 14.4 Å². The molecule has 0 saturated heterocycles. The minimum Gasteiger partial charge on any atom is -0.496 e. The van der Waals surface area contributed by atoms with E-state index in [1.807, 2.05) is 55.5 Å². The zero-order valence-electron chi connectivity index (χ0n) is 22.2. The summed E-state index contributed by atoms with van der Waals surface area (Å²) in [6.07, 6.45) is 1.84. The molecule has 0 unspecified atom stereocenters. The largest absolute Gasteiger partial charge is 0.496 e. The van der Waals surface area contributed by atoms with Gasteiger partial charge in [0.05, 0.1) is 35.6 Å². The van der Waals surface area contributed by atoms with Gasteiger partial charge in [-0.2, -0.15) is 0 Å². The molecule has 0 fully saturated rings. The summed E-state index contributed by atoms with van der Waals surface area (Å²) in [5.41, 5.74) is 4.51. The number of nitrogens with zero attached hydrogens (tertiary/aromatic N) is 3. The second-order valence-electron chi connectivity index (χ2n) is 8.81. The van der Waals surface area contributed by atoms with Crippen LogP contribution < -0.4 is 24.5 Å². The summed E-state index contributed by atoms with van der Waals surface area (Å²) in [5, 5.41) is 0. The first kappa shape index (κ1) is 26.4. The Morgan fingerprint density at radius 1 is 1.11 bits per heavy atom. The molecule has 0 bridgehead atoms. The maximum absolute atomic E-state index is 13.8. The minimum atomic E-state index is -0.620. The molecule has 4 rings (SSSR count). The third-order valence-electron chi connectivity index (χ3n) is 6.54. The first-order valence-corrected chi connectivity index (χ1v) is 13.3. The van der Waals surface area contributed by atoms with Gasteiger partial charge in [-0.25, -0.2) is 9.79 Å². The van der Waals surface area contributed by atoms with Gasteiger partial charge in [-0.15, -0.1) is 0 Å². The number of rotatable bonds is 8. The van der Waals surface area contributed by atoms with Crippen LogP contribution in [0.2, 0.25) is 0 Å². The summed E-state index contributed by atoms with van der Waals surface area (Å²) in [4.78, 5) is 34.3. The minimum absolute atomic E-state index is 0.210. The Balaban J connectivity index is 1.90. The molecule has 194 valence electrons. The lowest BCUT2D eigenvalue weighted by molar-refractivity contribution is -0.139. The highest BCUT2D eigenvalue weighted by Crippen LogP contribution is 2.31. The molecule has 8 heteroatoms. The fraction of sp³-hybridized carbons (Fsp3) is 0.345. The van der Waals surface area contributed by atoms with E-state index in [-0.39, 0.29) is 12.2 Å². The molecule has 0 radical (unpaired) electrons. The number of benzene rings is 2. The summed E-state index contributed by atoms with van der Waals surface area (Å²) >= 11 is 1.30. The molecule has 2 heterocycles. The van der Waals surface area contributed by atoms with E-state index in [0.717, 1.165) is 35.5 Å². The van der Waals surface area contributed by atoms with Crippen molar-refractivity contribution in [2.45, 2.75) is 40.7 Å². The number of carbonyl (C=O) groups excluding carboxylic acids is 1. The van der Waals surface area contributed by atoms with Crippen LogP contribution in [-0.4, -0.2) is 37.3 Å². The average Bonchev–Trinajstić information content (AvgIpc) is 3.19. The smallest absolute Gasteiger partial charge is 0.338 e. The Morgan fingerprint density at radius 2 is 1.81 bits per heavy atom. The van der Waals surface area contributed by atoms with Gasteiger partial charge >= 0.3 is 5.97 Å².